The summed E-state index contributed by atoms with van der Waals surface area (Å²) >= 11 is 0. The van der Waals surface area contributed by atoms with Crippen LogP contribution < -0.4 is 15.6 Å². The molecule has 0 atom stereocenters. The molecule has 1 heterocycles. The van der Waals surface area contributed by atoms with Gasteiger partial charge in [0.15, 0.2) is 0 Å². The summed E-state index contributed by atoms with van der Waals surface area (Å²) in [6, 6.07) is 14.6. The monoisotopic (exact) mass is 381 g/mol. The van der Waals surface area contributed by atoms with Gasteiger partial charge in [0.25, 0.3) is 11.5 Å². The molecule has 146 valence electrons. The lowest BCUT2D eigenvalue weighted by atomic mass is 10.1. The minimum absolute atomic E-state index is 0.0841. The Balaban J connectivity index is 1.83. The van der Waals surface area contributed by atoms with E-state index >= 15 is 0 Å². The number of nitrogens with zero attached hydrogens (tertiary/aromatic N) is 2. The van der Waals surface area contributed by atoms with Gasteiger partial charge < -0.3 is 14.8 Å². The van der Waals surface area contributed by atoms with Crippen molar-refractivity contribution >= 4 is 16.8 Å². The van der Waals surface area contributed by atoms with Crippen LogP contribution in [0.3, 0.4) is 0 Å². The third-order valence-corrected chi connectivity index (χ3v) is 4.46. The molecular weight excluding hydrogens is 358 g/mol. The Morgan fingerprint density at radius 1 is 1.11 bits per heavy atom. The molecule has 28 heavy (non-hydrogen) atoms. The predicted molar refractivity (Wildman–Crippen MR) is 107 cm³/mol. The van der Waals surface area contributed by atoms with E-state index in [9.17, 15) is 9.59 Å². The highest BCUT2D eigenvalue weighted by atomic mass is 16.5. The van der Waals surface area contributed by atoms with E-state index in [1.54, 1.807) is 38.5 Å². The molecule has 0 fully saturated rings. The first-order chi connectivity index (χ1) is 13.7. The standard InChI is InChI=1S/C21H23N3O4/c1-27-14-13-24-19(23-17-9-5-4-8-16(17)21(24)26)20(25)22-12-11-15-7-3-6-10-18(15)28-2/h3-10H,11-14H2,1-2H3,(H,22,25). The molecule has 0 bridgehead atoms. The molecule has 3 rings (SSSR count). The van der Waals surface area contributed by atoms with E-state index in [-0.39, 0.29) is 17.9 Å². The second-order valence-electron chi connectivity index (χ2n) is 6.22. The van der Waals surface area contributed by atoms with Crippen molar-refractivity contribution in [3.05, 3.63) is 70.3 Å². The summed E-state index contributed by atoms with van der Waals surface area (Å²) in [6.45, 7) is 0.954. The SMILES string of the molecule is COCCn1c(C(=O)NCCc2ccccc2OC)nc2ccccc2c1=O. The zero-order valence-electron chi connectivity index (χ0n) is 16.0. The molecule has 1 amide bonds. The van der Waals surface area contributed by atoms with E-state index in [1.807, 2.05) is 24.3 Å². The van der Waals surface area contributed by atoms with Gasteiger partial charge >= 0.3 is 0 Å². The number of aromatic nitrogens is 2. The number of carbonyl (C=O) groups excluding carboxylic acids is 1. The number of ether oxygens (including phenoxy) is 2. The van der Waals surface area contributed by atoms with Crippen LogP contribution in [0, 0.1) is 0 Å². The molecule has 7 nitrogen and oxygen atoms in total. The van der Waals surface area contributed by atoms with Crippen LogP contribution in [0.25, 0.3) is 10.9 Å². The zero-order valence-corrected chi connectivity index (χ0v) is 16.0. The van der Waals surface area contributed by atoms with Crippen molar-refractivity contribution in [2.24, 2.45) is 0 Å². The lowest BCUT2D eigenvalue weighted by Crippen LogP contribution is -2.35. The Bertz CT molecular complexity index is 1030. The smallest absolute Gasteiger partial charge is 0.287 e. The molecule has 1 aromatic heterocycles. The van der Waals surface area contributed by atoms with Gasteiger partial charge in [-0.05, 0) is 30.2 Å². The average molecular weight is 381 g/mol. The van der Waals surface area contributed by atoms with Gasteiger partial charge in [-0.3, -0.25) is 14.2 Å². The lowest BCUT2D eigenvalue weighted by molar-refractivity contribution is 0.0934. The highest BCUT2D eigenvalue weighted by molar-refractivity contribution is 5.93. The van der Waals surface area contributed by atoms with Crippen LogP contribution in [-0.4, -0.2) is 42.8 Å². The molecule has 0 spiro atoms. The molecule has 0 radical (unpaired) electrons. The number of benzene rings is 2. The van der Waals surface area contributed by atoms with Crippen molar-refractivity contribution in [2.45, 2.75) is 13.0 Å². The number of para-hydroxylation sites is 2. The molecule has 0 saturated heterocycles. The van der Waals surface area contributed by atoms with Crippen molar-refractivity contribution < 1.29 is 14.3 Å². The fourth-order valence-corrected chi connectivity index (χ4v) is 3.03. The minimum Gasteiger partial charge on any atom is -0.496 e. The number of nitrogens with one attached hydrogen (secondary N) is 1. The molecule has 3 aromatic rings. The van der Waals surface area contributed by atoms with Crippen molar-refractivity contribution in [3.8, 4) is 5.75 Å². The maximum absolute atomic E-state index is 12.8. The van der Waals surface area contributed by atoms with Gasteiger partial charge in [-0.1, -0.05) is 30.3 Å². The Morgan fingerprint density at radius 2 is 1.86 bits per heavy atom. The second kappa shape index (κ2) is 9.14. The van der Waals surface area contributed by atoms with Crippen LogP contribution in [0.5, 0.6) is 5.75 Å². The summed E-state index contributed by atoms with van der Waals surface area (Å²) < 4.78 is 11.8. The molecule has 0 aliphatic heterocycles. The van der Waals surface area contributed by atoms with E-state index in [0.29, 0.717) is 30.5 Å². The normalized spacial score (nSPS) is 10.8. The van der Waals surface area contributed by atoms with E-state index in [4.69, 9.17) is 9.47 Å². The quantitative estimate of drug-likeness (QED) is 0.646. The summed E-state index contributed by atoms with van der Waals surface area (Å²) in [5, 5.41) is 3.33. The number of hydrogen-bond acceptors (Lipinski definition) is 5. The average Bonchev–Trinajstić information content (AvgIpc) is 2.73. The van der Waals surface area contributed by atoms with Gasteiger partial charge in [-0.25, -0.2) is 4.98 Å². The van der Waals surface area contributed by atoms with Gasteiger partial charge in [0, 0.05) is 13.7 Å². The summed E-state index contributed by atoms with van der Waals surface area (Å²) in [6.07, 6.45) is 0.603. The van der Waals surface area contributed by atoms with Crippen LogP contribution in [0.15, 0.2) is 53.3 Å². The van der Waals surface area contributed by atoms with Gasteiger partial charge in [0.05, 0.1) is 31.2 Å². The van der Waals surface area contributed by atoms with Crippen LogP contribution in [0.2, 0.25) is 0 Å². The van der Waals surface area contributed by atoms with E-state index in [1.165, 1.54) is 4.57 Å². The van der Waals surface area contributed by atoms with Crippen molar-refractivity contribution in [2.75, 3.05) is 27.4 Å². The Kier molecular flexibility index (Phi) is 6.39. The van der Waals surface area contributed by atoms with Crippen LogP contribution in [0.4, 0.5) is 0 Å². The molecule has 2 aromatic carbocycles. The van der Waals surface area contributed by atoms with Crippen LogP contribution >= 0.6 is 0 Å². The van der Waals surface area contributed by atoms with E-state index in [2.05, 4.69) is 10.3 Å². The number of carbonyl (C=O) groups is 1. The number of hydrogen-bond donors (Lipinski definition) is 1. The summed E-state index contributed by atoms with van der Waals surface area (Å²) in [5.74, 6) is 0.465. The molecular formula is C21H23N3O4. The van der Waals surface area contributed by atoms with Crippen LogP contribution in [0.1, 0.15) is 16.2 Å². The molecule has 0 saturated carbocycles. The Labute approximate surface area is 162 Å². The Morgan fingerprint density at radius 3 is 2.64 bits per heavy atom. The van der Waals surface area contributed by atoms with Gasteiger partial charge in [-0.2, -0.15) is 0 Å². The summed E-state index contributed by atoms with van der Waals surface area (Å²) in [5.41, 5.74) is 1.24. The number of fused-ring (bicyclic) bond motifs is 1. The molecule has 1 N–H and O–H groups in total. The number of rotatable bonds is 8. The summed E-state index contributed by atoms with van der Waals surface area (Å²) in [4.78, 5) is 30.0. The lowest BCUT2D eigenvalue weighted by Gasteiger charge is -2.13. The Hall–Kier alpha value is -3.19. The number of amides is 1. The second-order valence-corrected chi connectivity index (χ2v) is 6.22. The summed E-state index contributed by atoms with van der Waals surface area (Å²) in [7, 11) is 3.16. The molecule has 0 unspecified atom stereocenters. The van der Waals surface area contributed by atoms with Gasteiger partial charge in [0.2, 0.25) is 5.82 Å². The fraction of sp³-hybridized carbons (Fsp3) is 0.286. The topological polar surface area (TPSA) is 82.4 Å². The van der Waals surface area contributed by atoms with Crippen LogP contribution in [-0.2, 0) is 17.7 Å². The highest BCUT2D eigenvalue weighted by Crippen LogP contribution is 2.17. The predicted octanol–water partition coefficient (Wildman–Crippen LogP) is 2.02. The van der Waals surface area contributed by atoms with Gasteiger partial charge in [-0.15, -0.1) is 0 Å². The van der Waals surface area contributed by atoms with Crippen molar-refractivity contribution in [1.29, 1.82) is 0 Å². The minimum atomic E-state index is -0.395. The maximum atomic E-state index is 12.8. The molecule has 0 aliphatic rings. The van der Waals surface area contributed by atoms with Crippen molar-refractivity contribution in [1.82, 2.24) is 14.9 Å². The van der Waals surface area contributed by atoms with Gasteiger partial charge in [0.1, 0.15) is 5.75 Å². The third kappa shape index (κ3) is 4.20. The zero-order chi connectivity index (χ0) is 19.9. The largest absolute Gasteiger partial charge is 0.496 e. The fourth-order valence-electron chi connectivity index (χ4n) is 3.03. The van der Waals surface area contributed by atoms with E-state index in [0.717, 1.165) is 11.3 Å². The maximum Gasteiger partial charge on any atom is 0.287 e. The van der Waals surface area contributed by atoms with E-state index < -0.39 is 5.91 Å². The first kappa shape index (κ1) is 19.6. The molecule has 0 aliphatic carbocycles. The first-order valence-electron chi connectivity index (χ1n) is 9.04. The van der Waals surface area contributed by atoms with Crippen molar-refractivity contribution in [3.63, 3.8) is 0 Å². The molecule has 7 heteroatoms. The third-order valence-electron chi connectivity index (χ3n) is 4.46. The number of methoxy groups -OCH3 is 2. The first-order valence-corrected chi connectivity index (χ1v) is 9.04. The highest BCUT2D eigenvalue weighted by Gasteiger charge is 2.17.